The number of benzene rings is 1. The standard InChI is InChI=1S/C14H13BrN2OS/c1-2-19-12-6-4-3-5-11(12)17-14(18)10-7-8-13(15)16-9-10/h3-9H,2H2,1H3,(H,17,18). The lowest BCUT2D eigenvalue weighted by atomic mass is 10.2. The van der Waals surface area contributed by atoms with E-state index in [0.717, 1.165) is 16.3 Å². The van der Waals surface area contributed by atoms with E-state index < -0.39 is 0 Å². The van der Waals surface area contributed by atoms with Gasteiger partial charge in [0.1, 0.15) is 4.60 Å². The molecule has 1 heterocycles. The maximum absolute atomic E-state index is 12.1. The van der Waals surface area contributed by atoms with Gasteiger partial charge in [-0.1, -0.05) is 19.1 Å². The zero-order valence-electron chi connectivity index (χ0n) is 10.4. The molecule has 5 heteroatoms. The van der Waals surface area contributed by atoms with Crippen LogP contribution in [0.1, 0.15) is 17.3 Å². The molecule has 0 aliphatic rings. The summed E-state index contributed by atoms with van der Waals surface area (Å²) < 4.78 is 0.714. The molecule has 3 nitrogen and oxygen atoms in total. The van der Waals surface area contributed by atoms with Gasteiger partial charge in [-0.2, -0.15) is 0 Å². The van der Waals surface area contributed by atoms with Gasteiger partial charge in [0.05, 0.1) is 11.3 Å². The van der Waals surface area contributed by atoms with Crippen LogP contribution < -0.4 is 5.32 Å². The number of nitrogens with zero attached hydrogens (tertiary/aromatic N) is 1. The lowest BCUT2D eigenvalue weighted by Gasteiger charge is -2.09. The number of halogens is 1. The summed E-state index contributed by atoms with van der Waals surface area (Å²) >= 11 is 4.95. The highest BCUT2D eigenvalue weighted by atomic mass is 79.9. The Labute approximate surface area is 125 Å². The summed E-state index contributed by atoms with van der Waals surface area (Å²) in [6.45, 7) is 2.09. The van der Waals surface area contributed by atoms with Crippen molar-refractivity contribution in [2.24, 2.45) is 0 Å². The molecule has 0 aliphatic heterocycles. The SMILES string of the molecule is CCSc1ccccc1NC(=O)c1ccc(Br)nc1. The van der Waals surface area contributed by atoms with Crippen LogP contribution in [0.4, 0.5) is 5.69 Å². The number of aromatic nitrogens is 1. The second kappa shape index (κ2) is 6.73. The van der Waals surface area contributed by atoms with E-state index in [1.165, 1.54) is 0 Å². The molecule has 0 saturated heterocycles. The minimum absolute atomic E-state index is 0.149. The van der Waals surface area contributed by atoms with Crippen LogP contribution in [0.25, 0.3) is 0 Å². The molecule has 0 unspecified atom stereocenters. The van der Waals surface area contributed by atoms with Crippen molar-refractivity contribution in [2.45, 2.75) is 11.8 Å². The first kappa shape index (κ1) is 14.1. The molecule has 1 amide bonds. The van der Waals surface area contributed by atoms with E-state index in [2.05, 4.69) is 33.2 Å². The zero-order chi connectivity index (χ0) is 13.7. The number of hydrogen-bond donors (Lipinski definition) is 1. The van der Waals surface area contributed by atoms with Crippen LogP contribution in [-0.4, -0.2) is 16.6 Å². The van der Waals surface area contributed by atoms with Crippen LogP contribution in [0.15, 0.2) is 52.1 Å². The van der Waals surface area contributed by atoms with Crippen molar-refractivity contribution in [1.82, 2.24) is 4.98 Å². The van der Waals surface area contributed by atoms with E-state index in [-0.39, 0.29) is 5.91 Å². The quantitative estimate of drug-likeness (QED) is 0.671. The number of amides is 1. The van der Waals surface area contributed by atoms with Gasteiger partial charge in [0.15, 0.2) is 0 Å². The lowest BCUT2D eigenvalue weighted by Crippen LogP contribution is -2.12. The maximum Gasteiger partial charge on any atom is 0.257 e. The van der Waals surface area contributed by atoms with Crippen molar-refractivity contribution in [3.63, 3.8) is 0 Å². The first-order valence-electron chi connectivity index (χ1n) is 5.85. The third-order valence-corrected chi connectivity index (χ3v) is 3.85. The molecule has 1 N–H and O–H groups in total. The molecular formula is C14H13BrN2OS. The molecular weight excluding hydrogens is 324 g/mol. The maximum atomic E-state index is 12.1. The van der Waals surface area contributed by atoms with Gasteiger partial charge in [0.2, 0.25) is 0 Å². The normalized spacial score (nSPS) is 10.2. The van der Waals surface area contributed by atoms with E-state index in [1.54, 1.807) is 30.1 Å². The molecule has 0 aliphatic carbocycles. The van der Waals surface area contributed by atoms with Crippen molar-refractivity contribution in [3.8, 4) is 0 Å². The molecule has 0 atom stereocenters. The van der Waals surface area contributed by atoms with Crippen LogP contribution in [0.5, 0.6) is 0 Å². The van der Waals surface area contributed by atoms with E-state index in [1.807, 2.05) is 24.3 Å². The van der Waals surface area contributed by atoms with Crippen molar-refractivity contribution in [2.75, 3.05) is 11.1 Å². The van der Waals surface area contributed by atoms with Gasteiger partial charge in [-0.25, -0.2) is 4.98 Å². The highest BCUT2D eigenvalue weighted by Gasteiger charge is 2.09. The Balaban J connectivity index is 2.16. The third-order valence-electron chi connectivity index (χ3n) is 2.42. The molecule has 1 aromatic carbocycles. The highest BCUT2D eigenvalue weighted by molar-refractivity contribution is 9.10. The molecule has 0 spiro atoms. The summed E-state index contributed by atoms with van der Waals surface area (Å²) in [6.07, 6.45) is 1.55. The van der Waals surface area contributed by atoms with Crippen LogP contribution in [0.2, 0.25) is 0 Å². The van der Waals surface area contributed by atoms with Gasteiger partial charge in [0.25, 0.3) is 5.91 Å². The molecule has 2 rings (SSSR count). The van der Waals surface area contributed by atoms with Crippen molar-refractivity contribution < 1.29 is 4.79 Å². The number of thioether (sulfide) groups is 1. The molecule has 0 bridgehead atoms. The lowest BCUT2D eigenvalue weighted by molar-refractivity contribution is 0.102. The summed E-state index contributed by atoms with van der Waals surface area (Å²) in [5.41, 5.74) is 1.38. The summed E-state index contributed by atoms with van der Waals surface area (Å²) in [6, 6.07) is 11.3. The van der Waals surface area contributed by atoms with Gasteiger partial charge in [-0.05, 0) is 45.9 Å². The van der Waals surface area contributed by atoms with Crippen molar-refractivity contribution in [3.05, 3.63) is 52.8 Å². The van der Waals surface area contributed by atoms with Gasteiger partial charge >= 0.3 is 0 Å². The number of para-hydroxylation sites is 1. The van der Waals surface area contributed by atoms with Gasteiger partial charge in [-0.15, -0.1) is 11.8 Å². The Morgan fingerprint density at radius 2 is 2.11 bits per heavy atom. The fourth-order valence-electron chi connectivity index (χ4n) is 1.56. The van der Waals surface area contributed by atoms with Crippen LogP contribution in [0, 0.1) is 0 Å². The molecule has 0 saturated carbocycles. The fourth-order valence-corrected chi connectivity index (χ4v) is 2.55. The highest BCUT2D eigenvalue weighted by Crippen LogP contribution is 2.26. The summed E-state index contributed by atoms with van der Waals surface area (Å²) in [5.74, 6) is 0.816. The van der Waals surface area contributed by atoms with E-state index in [0.29, 0.717) is 10.2 Å². The molecule has 98 valence electrons. The summed E-state index contributed by atoms with van der Waals surface area (Å²) in [7, 11) is 0. The topological polar surface area (TPSA) is 42.0 Å². The van der Waals surface area contributed by atoms with Crippen LogP contribution >= 0.6 is 27.7 Å². The molecule has 0 fully saturated rings. The first-order valence-corrected chi connectivity index (χ1v) is 7.63. The second-order valence-electron chi connectivity index (χ2n) is 3.75. The zero-order valence-corrected chi connectivity index (χ0v) is 12.8. The van der Waals surface area contributed by atoms with Crippen molar-refractivity contribution >= 4 is 39.3 Å². The predicted molar refractivity (Wildman–Crippen MR) is 82.7 cm³/mol. The Kier molecular flexibility index (Phi) is 4.99. The van der Waals surface area contributed by atoms with Crippen LogP contribution in [-0.2, 0) is 0 Å². The van der Waals surface area contributed by atoms with E-state index in [9.17, 15) is 4.79 Å². The summed E-state index contributed by atoms with van der Waals surface area (Å²) in [4.78, 5) is 17.2. The number of anilines is 1. The monoisotopic (exact) mass is 336 g/mol. The van der Waals surface area contributed by atoms with Crippen LogP contribution in [0.3, 0.4) is 0 Å². The number of carbonyl (C=O) groups excluding carboxylic acids is 1. The Hall–Kier alpha value is -1.33. The van der Waals surface area contributed by atoms with E-state index in [4.69, 9.17) is 0 Å². The number of rotatable bonds is 4. The fraction of sp³-hybridized carbons (Fsp3) is 0.143. The summed E-state index contributed by atoms with van der Waals surface area (Å²) in [5, 5.41) is 2.92. The Morgan fingerprint density at radius 1 is 1.32 bits per heavy atom. The van der Waals surface area contributed by atoms with Gasteiger partial charge in [-0.3, -0.25) is 4.79 Å². The smallest absolute Gasteiger partial charge is 0.257 e. The molecule has 2 aromatic rings. The molecule has 1 aromatic heterocycles. The minimum atomic E-state index is -0.149. The number of pyridine rings is 1. The average molecular weight is 337 g/mol. The predicted octanol–water partition coefficient (Wildman–Crippen LogP) is 4.21. The second-order valence-corrected chi connectivity index (χ2v) is 5.87. The minimum Gasteiger partial charge on any atom is -0.321 e. The van der Waals surface area contributed by atoms with Gasteiger partial charge < -0.3 is 5.32 Å². The average Bonchev–Trinajstić information content (AvgIpc) is 2.42. The largest absolute Gasteiger partial charge is 0.321 e. The third kappa shape index (κ3) is 3.81. The number of carbonyl (C=O) groups is 1. The molecule has 19 heavy (non-hydrogen) atoms. The Morgan fingerprint density at radius 3 is 2.79 bits per heavy atom. The first-order chi connectivity index (χ1) is 9.20. The Bertz CT molecular complexity index is 572. The van der Waals surface area contributed by atoms with Crippen molar-refractivity contribution in [1.29, 1.82) is 0 Å². The van der Waals surface area contributed by atoms with E-state index >= 15 is 0 Å². The number of hydrogen-bond acceptors (Lipinski definition) is 3. The molecule has 0 radical (unpaired) electrons. The number of nitrogens with one attached hydrogen (secondary N) is 1. The van der Waals surface area contributed by atoms with Gasteiger partial charge in [0, 0.05) is 11.1 Å².